The number of nitrogens with zero attached hydrogens (tertiary/aromatic N) is 2. The number of nitrogens with two attached hydrogens (primary N) is 1. The molecular formula is C13H25N3. The molecule has 1 saturated heterocycles. The topological polar surface area (TPSA) is 53.0 Å². The largest absolute Gasteiger partial charge is 0.314 e. The minimum absolute atomic E-state index is 0.407. The van der Waals surface area contributed by atoms with E-state index in [-0.39, 0.29) is 0 Å². The van der Waals surface area contributed by atoms with Crippen LogP contribution in [0.5, 0.6) is 0 Å². The molecule has 0 bridgehead atoms. The summed E-state index contributed by atoms with van der Waals surface area (Å²) >= 11 is 0. The van der Waals surface area contributed by atoms with Crippen molar-refractivity contribution in [3.05, 3.63) is 0 Å². The van der Waals surface area contributed by atoms with Crippen molar-refractivity contribution >= 4 is 0 Å². The third kappa shape index (κ3) is 3.47. The smallest absolute Gasteiger partial charge is 0.102 e. The molecule has 0 aliphatic carbocycles. The van der Waals surface area contributed by atoms with Gasteiger partial charge in [0.25, 0.3) is 0 Å². The summed E-state index contributed by atoms with van der Waals surface area (Å²) < 4.78 is 0. The molecule has 0 spiro atoms. The first-order valence-electron chi connectivity index (χ1n) is 6.30. The van der Waals surface area contributed by atoms with E-state index in [4.69, 9.17) is 11.0 Å². The number of hydrogen-bond donors (Lipinski definition) is 1. The van der Waals surface area contributed by atoms with Gasteiger partial charge < -0.3 is 10.6 Å². The first-order valence-corrected chi connectivity index (χ1v) is 6.30. The lowest BCUT2D eigenvalue weighted by molar-refractivity contribution is 0.0926. The van der Waals surface area contributed by atoms with Crippen LogP contribution in [0.4, 0.5) is 0 Å². The van der Waals surface area contributed by atoms with Gasteiger partial charge in [-0.3, -0.25) is 0 Å². The minimum Gasteiger partial charge on any atom is -0.314 e. The molecule has 0 aromatic carbocycles. The Morgan fingerprint density at radius 2 is 2.12 bits per heavy atom. The Morgan fingerprint density at radius 1 is 1.50 bits per heavy atom. The highest BCUT2D eigenvalue weighted by atomic mass is 15.2. The van der Waals surface area contributed by atoms with Gasteiger partial charge in [-0.2, -0.15) is 5.26 Å². The lowest BCUT2D eigenvalue weighted by atomic mass is 9.86. The quantitative estimate of drug-likeness (QED) is 0.796. The number of piperidine rings is 1. The van der Waals surface area contributed by atoms with E-state index < -0.39 is 5.54 Å². The van der Waals surface area contributed by atoms with Crippen LogP contribution in [0.3, 0.4) is 0 Å². The molecule has 0 radical (unpaired) electrons. The maximum Gasteiger partial charge on any atom is 0.102 e. The maximum absolute atomic E-state index is 8.94. The fourth-order valence-electron chi connectivity index (χ4n) is 2.48. The van der Waals surface area contributed by atoms with E-state index in [0.29, 0.717) is 6.04 Å². The second-order valence-electron chi connectivity index (χ2n) is 5.82. The summed E-state index contributed by atoms with van der Waals surface area (Å²) in [6.07, 6.45) is 2.02. The van der Waals surface area contributed by atoms with Crippen molar-refractivity contribution in [3.63, 3.8) is 0 Å². The van der Waals surface area contributed by atoms with Crippen LogP contribution in [0, 0.1) is 23.2 Å². The molecule has 1 aliphatic heterocycles. The Labute approximate surface area is 99.6 Å². The zero-order valence-electron chi connectivity index (χ0n) is 11.0. The SMILES string of the molecule is CC1CCN(C(C)CC(C)(N)C#N)CC1C. The van der Waals surface area contributed by atoms with Gasteiger partial charge in [-0.05, 0) is 45.1 Å². The first-order chi connectivity index (χ1) is 7.35. The summed E-state index contributed by atoms with van der Waals surface area (Å²) in [5.41, 5.74) is 5.21. The fourth-order valence-corrected chi connectivity index (χ4v) is 2.48. The van der Waals surface area contributed by atoms with Gasteiger partial charge in [0.1, 0.15) is 5.54 Å². The van der Waals surface area contributed by atoms with Crippen molar-refractivity contribution in [2.75, 3.05) is 13.1 Å². The zero-order valence-corrected chi connectivity index (χ0v) is 11.0. The van der Waals surface area contributed by atoms with Crippen LogP contribution in [-0.2, 0) is 0 Å². The summed E-state index contributed by atoms with van der Waals surface area (Å²) in [4.78, 5) is 2.48. The lowest BCUT2D eigenvalue weighted by Gasteiger charge is -2.40. The summed E-state index contributed by atoms with van der Waals surface area (Å²) in [7, 11) is 0. The molecule has 4 atom stereocenters. The Bertz CT molecular complexity index is 267. The summed E-state index contributed by atoms with van der Waals surface area (Å²) in [5, 5.41) is 8.94. The molecular weight excluding hydrogens is 198 g/mol. The predicted octanol–water partition coefficient (Wildman–Crippen LogP) is 1.98. The van der Waals surface area contributed by atoms with Crippen molar-refractivity contribution in [2.45, 2.75) is 52.1 Å². The molecule has 1 heterocycles. The van der Waals surface area contributed by atoms with E-state index in [2.05, 4.69) is 31.7 Å². The van der Waals surface area contributed by atoms with E-state index in [0.717, 1.165) is 31.3 Å². The van der Waals surface area contributed by atoms with Crippen molar-refractivity contribution in [2.24, 2.45) is 17.6 Å². The van der Waals surface area contributed by atoms with Crippen LogP contribution in [0.1, 0.15) is 40.5 Å². The van der Waals surface area contributed by atoms with Crippen molar-refractivity contribution < 1.29 is 0 Å². The second-order valence-corrected chi connectivity index (χ2v) is 5.82. The minimum atomic E-state index is -0.689. The van der Waals surface area contributed by atoms with Crippen LogP contribution >= 0.6 is 0 Å². The highest BCUT2D eigenvalue weighted by Crippen LogP contribution is 2.25. The van der Waals surface area contributed by atoms with Crippen molar-refractivity contribution in [1.82, 2.24) is 4.90 Å². The monoisotopic (exact) mass is 223 g/mol. The first kappa shape index (κ1) is 13.5. The van der Waals surface area contributed by atoms with Crippen molar-refractivity contribution in [1.29, 1.82) is 5.26 Å². The second kappa shape index (κ2) is 5.16. The van der Waals surface area contributed by atoms with Crippen LogP contribution in [0.25, 0.3) is 0 Å². The van der Waals surface area contributed by atoms with Gasteiger partial charge in [0.15, 0.2) is 0 Å². The average Bonchev–Trinajstić information content (AvgIpc) is 2.21. The van der Waals surface area contributed by atoms with E-state index in [9.17, 15) is 0 Å². The van der Waals surface area contributed by atoms with Crippen LogP contribution in [-0.4, -0.2) is 29.6 Å². The third-order valence-corrected chi connectivity index (χ3v) is 3.96. The van der Waals surface area contributed by atoms with E-state index in [1.165, 1.54) is 6.42 Å². The van der Waals surface area contributed by atoms with Crippen molar-refractivity contribution in [3.8, 4) is 6.07 Å². The Balaban J connectivity index is 2.50. The molecule has 1 aliphatic rings. The highest BCUT2D eigenvalue weighted by Gasteiger charge is 2.29. The molecule has 0 amide bonds. The van der Waals surface area contributed by atoms with Crippen LogP contribution in [0.2, 0.25) is 0 Å². The molecule has 16 heavy (non-hydrogen) atoms. The Morgan fingerprint density at radius 3 is 2.62 bits per heavy atom. The van der Waals surface area contributed by atoms with Crippen LogP contribution in [0.15, 0.2) is 0 Å². The highest BCUT2D eigenvalue weighted by molar-refractivity contribution is 5.03. The standard InChI is InChI=1S/C13H25N3/c1-10-5-6-16(8-11(10)2)12(3)7-13(4,15)9-14/h10-12H,5-8,15H2,1-4H3. The summed E-state index contributed by atoms with van der Waals surface area (Å²) in [6.45, 7) is 10.9. The molecule has 1 fully saturated rings. The van der Waals surface area contributed by atoms with Gasteiger partial charge in [-0.1, -0.05) is 13.8 Å². The van der Waals surface area contributed by atoms with E-state index >= 15 is 0 Å². The lowest BCUT2D eigenvalue weighted by Crippen LogP contribution is -2.48. The van der Waals surface area contributed by atoms with Crippen LogP contribution < -0.4 is 5.73 Å². The molecule has 3 nitrogen and oxygen atoms in total. The molecule has 2 N–H and O–H groups in total. The third-order valence-electron chi connectivity index (χ3n) is 3.96. The molecule has 4 unspecified atom stereocenters. The normalized spacial score (nSPS) is 32.8. The van der Waals surface area contributed by atoms with Gasteiger partial charge in [0.2, 0.25) is 0 Å². The predicted molar refractivity (Wildman–Crippen MR) is 66.8 cm³/mol. The summed E-state index contributed by atoms with van der Waals surface area (Å²) in [6, 6.07) is 2.59. The average molecular weight is 223 g/mol. The molecule has 3 heteroatoms. The van der Waals surface area contributed by atoms with E-state index in [1.54, 1.807) is 0 Å². The molecule has 0 aromatic rings. The van der Waals surface area contributed by atoms with Gasteiger partial charge in [-0.25, -0.2) is 0 Å². The van der Waals surface area contributed by atoms with E-state index in [1.807, 2.05) is 6.92 Å². The van der Waals surface area contributed by atoms with Gasteiger partial charge in [0.05, 0.1) is 6.07 Å². The number of rotatable bonds is 3. The number of likely N-dealkylation sites (tertiary alicyclic amines) is 1. The summed E-state index contributed by atoms with van der Waals surface area (Å²) in [5.74, 6) is 1.57. The molecule has 1 rings (SSSR count). The van der Waals surface area contributed by atoms with Gasteiger partial charge in [0, 0.05) is 12.6 Å². The Hall–Kier alpha value is -0.590. The molecule has 92 valence electrons. The zero-order chi connectivity index (χ0) is 12.3. The molecule has 0 aromatic heterocycles. The maximum atomic E-state index is 8.94. The van der Waals surface area contributed by atoms with Gasteiger partial charge in [-0.15, -0.1) is 0 Å². The number of nitriles is 1. The molecule has 0 saturated carbocycles. The fraction of sp³-hybridized carbons (Fsp3) is 0.923. The van der Waals surface area contributed by atoms with Gasteiger partial charge >= 0.3 is 0 Å². The number of hydrogen-bond acceptors (Lipinski definition) is 3. The Kier molecular flexibility index (Phi) is 4.35.